The lowest BCUT2D eigenvalue weighted by Gasteiger charge is -2.20. The molecule has 0 aliphatic heterocycles. The van der Waals surface area contributed by atoms with Crippen molar-refractivity contribution in [1.29, 1.82) is 0 Å². The Morgan fingerprint density at radius 2 is 2.15 bits per heavy atom. The maximum Gasteiger partial charge on any atom is 0.339 e. The van der Waals surface area contributed by atoms with Gasteiger partial charge in [0.15, 0.2) is 0 Å². The van der Waals surface area contributed by atoms with E-state index in [4.69, 9.17) is 5.11 Å². The Morgan fingerprint density at radius 3 is 2.80 bits per heavy atom. The molecular weight excluding hydrogens is 256 g/mol. The van der Waals surface area contributed by atoms with Crippen LogP contribution in [0.3, 0.4) is 0 Å². The number of nitrogens with one attached hydrogen (secondary N) is 1. The van der Waals surface area contributed by atoms with Crippen molar-refractivity contribution in [3.8, 4) is 0 Å². The van der Waals surface area contributed by atoms with E-state index >= 15 is 0 Å². The number of aromatic carboxylic acids is 1. The van der Waals surface area contributed by atoms with Crippen LogP contribution in [0.25, 0.3) is 10.9 Å². The maximum absolute atomic E-state index is 11.4. The van der Waals surface area contributed by atoms with Gasteiger partial charge in [0.05, 0.1) is 11.2 Å². The summed E-state index contributed by atoms with van der Waals surface area (Å²) in [6.07, 6.45) is 2.75. The van der Waals surface area contributed by atoms with Gasteiger partial charge < -0.3 is 15.5 Å². The third kappa shape index (κ3) is 2.88. The number of aliphatic hydroxyl groups excluding tert-OH is 1. The number of nitrogens with zero attached hydrogens (tertiary/aromatic N) is 1. The van der Waals surface area contributed by atoms with Gasteiger partial charge in [-0.3, -0.25) is 4.98 Å². The van der Waals surface area contributed by atoms with Crippen LogP contribution >= 0.6 is 0 Å². The summed E-state index contributed by atoms with van der Waals surface area (Å²) < 4.78 is 0. The maximum atomic E-state index is 11.4. The number of hydrogen-bond acceptors (Lipinski definition) is 4. The molecule has 0 saturated carbocycles. The highest BCUT2D eigenvalue weighted by Gasteiger charge is 2.17. The van der Waals surface area contributed by atoms with E-state index in [0.29, 0.717) is 12.1 Å². The number of pyridine rings is 1. The number of hydrogen-bond donors (Lipinski definition) is 3. The first kappa shape index (κ1) is 14.3. The third-order valence-electron chi connectivity index (χ3n) is 3.32. The van der Waals surface area contributed by atoms with E-state index in [1.54, 1.807) is 0 Å². The minimum atomic E-state index is -1.01. The van der Waals surface area contributed by atoms with Gasteiger partial charge in [0.25, 0.3) is 0 Å². The molecule has 5 heteroatoms. The summed E-state index contributed by atoms with van der Waals surface area (Å²) in [6.45, 7) is 2.06. The number of para-hydroxylation sites is 1. The van der Waals surface area contributed by atoms with Gasteiger partial charge in [-0.1, -0.05) is 25.1 Å². The molecule has 2 rings (SSSR count). The lowest BCUT2D eigenvalue weighted by Crippen LogP contribution is -2.21. The molecular formula is C15H18N2O3. The summed E-state index contributed by atoms with van der Waals surface area (Å²) in [5.74, 6) is -1.01. The summed E-state index contributed by atoms with van der Waals surface area (Å²) in [4.78, 5) is 15.5. The van der Waals surface area contributed by atoms with Crippen LogP contribution in [0.1, 0.15) is 30.1 Å². The Morgan fingerprint density at radius 1 is 1.40 bits per heavy atom. The predicted octanol–water partition coefficient (Wildman–Crippen LogP) is 2.51. The molecule has 1 heterocycles. The molecule has 0 radical (unpaired) electrons. The quantitative estimate of drug-likeness (QED) is 0.754. The normalized spacial score (nSPS) is 12.3. The number of carbonyl (C=O) groups is 1. The first-order chi connectivity index (χ1) is 9.67. The Balaban J connectivity index is 2.51. The highest BCUT2D eigenvalue weighted by molar-refractivity contribution is 6.04. The van der Waals surface area contributed by atoms with Crippen LogP contribution in [0.2, 0.25) is 0 Å². The minimum Gasteiger partial charge on any atom is -0.478 e. The lowest BCUT2D eigenvalue weighted by molar-refractivity contribution is 0.0697. The number of carboxylic acids is 1. The number of anilines is 1. The molecule has 1 unspecified atom stereocenters. The van der Waals surface area contributed by atoms with Crippen LogP contribution < -0.4 is 5.32 Å². The van der Waals surface area contributed by atoms with Gasteiger partial charge in [-0.05, 0) is 18.9 Å². The van der Waals surface area contributed by atoms with Gasteiger partial charge in [0.2, 0.25) is 0 Å². The Kier molecular flexibility index (Phi) is 4.53. The Labute approximate surface area is 117 Å². The summed E-state index contributed by atoms with van der Waals surface area (Å²) in [7, 11) is 0. The summed E-state index contributed by atoms with van der Waals surface area (Å²) in [5.41, 5.74) is 1.47. The van der Waals surface area contributed by atoms with Gasteiger partial charge in [0.1, 0.15) is 5.56 Å². The molecule has 0 amide bonds. The van der Waals surface area contributed by atoms with E-state index in [-0.39, 0.29) is 18.2 Å². The molecule has 1 aromatic carbocycles. The average Bonchev–Trinajstić information content (AvgIpc) is 2.46. The van der Waals surface area contributed by atoms with Crippen molar-refractivity contribution < 1.29 is 15.0 Å². The number of carboxylic acid groups (broad SMARTS) is 1. The topological polar surface area (TPSA) is 82.5 Å². The largest absolute Gasteiger partial charge is 0.478 e. The van der Waals surface area contributed by atoms with Crippen LogP contribution in [0.15, 0.2) is 30.5 Å². The molecule has 106 valence electrons. The summed E-state index contributed by atoms with van der Waals surface area (Å²) in [6, 6.07) is 7.45. The van der Waals surface area contributed by atoms with Crippen molar-refractivity contribution in [3.63, 3.8) is 0 Å². The zero-order valence-electron chi connectivity index (χ0n) is 11.3. The Bertz CT molecular complexity index is 613. The van der Waals surface area contributed by atoms with Gasteiger partial charge >= 0.3 is 5.97 Å². The second-order valence-corrected chi connectivity index (χ2v) is 4.63. The second-order valence-electron chi connectivity index (χ2n) is 4.63. The monoisotopic (exact) mass is 274 g/mol. The molecule has 0 aliphatic rings. The van der Waals surface area contributed by atoms with Crippen LogP contribution in [0.4, 0.5) is 5.69 Å². The highest BCUT2D eigenvalue weighted by atomic mass is 16.4. The molecule has 5 nitrogen and oxygen atoms in total. The fourth-order valence-electron chi connectivity index (χ4n) is 2.20. The van der Waals surface area contributed by atoms with E-state index in [2.05, 4.69) is 10.3 Å². The van der Waals surface area contributed by atoms with Gasteiger partial charge in [-0.25, -0.2) is 4.79 Å². The van der Waals surface area contributed by atoms with E-state index in [9.17, 15) is 9.90 Å². The van der Waals surface area contributed by atoms with Crippen LogP contribution in [-0.2, 0) is 0 Å². The fraction of sp³-hybridized carbons (Fsp3) is 0.333. The molecule has 3 N–H and O–H groups in total. The lowest BCUT2D eigenvalue weighted by atomic mass is 10.1. The molecule has 1 aromatic heterocycles. The van der Waals surface area contributed by atoms with Gasteiger partial charge in [-0.15, -0.1) is 0 Å². The SMILES string of the molecule is CCC(CCO)Nc1c(C(=O)O)cnc2ccccc12. The molecule has 0 fully saturated rings. The molecule has 0 bridgehead atoms. The number of aromatic nitrogens is 1. The number of aliphatic hydroxyl groups is 1. The smallest absolute Gasteiger partial charge is 0.339 e. The van der Waals surface area contributed by atoms with Gasteiger partial charge in [0, 0.05) is 24.2 Å². The molecule has 0 saturated heterocycles. The first-order valence-corrected chi connectivity index (χ1v) is 6.65. The van der Waals surface area contributed by atoms with Crippen molar-refractivity contribution in [1.82, 2.24) is 4.98 Å². The van der Waals surface area contributed by atoms with Gasteiger partial charge in [-0.2, -0.15) is 0 Å². The van der Waals surface area contributed by atoms with E-state index in [1.165, 1.54) is 6.20 Å². The van der Waals surface area contributed by atoms with Crippen LogP contribution in [0, 0.1) is 0 Å². The van der Waals surface area contributed by atoms with Crippen molar-refractivity contribution in [2.75, 3.05) is 11.9 Å². The third-order valence-corrected chi connectivity index (χ3v) is 3.32. The number of benzene rings is 1. The molecule has 0 aliphatic carbocycles. The average molecular weight is 274 g/mol. The molecule has 20 heavy (non-hydrogen) atoms. The van der Waals surface area contributed by atoms with Crippen molar-refractivity contribution in [2.24, 2.45) is 0 Å². The standard InChI is InChI=1S/C15H18N2O3/c1-2-10(7-8-18)17-14-11-5-3-4-6-13(11)16-9-12(14)15(19)20/h3-6,9-10,18H,2,7-8H2,1H3,(H,16,17)(H,19,20). The minimum absolute atomic E-state index is 0.0314. The molecule has 2 aromatic rings. The molecule has 1 atom stereocenters. The van der Waals surface area contributed by atoms with E-state index in [0.717, 1.165) is 17.3 Å². The highest BCUT2D eigenvalue weighted by Crippen LogP contribution is 2.27. The predicted molar refractivity (Wildman–Crippen MR) is 78.1 cm³/mol. The number of fused-ring (bicyclic) bond motifs is 1. The van der Waals surface area contributed by atoms with Crippen LogP contribution in [-0.4, -0.2) is 33.8 Å². The van der Waals surface area contributed by atoms with Crippen molar-refractivity contribution in [2.45, 2.75) is 25.8 Å². The Hall–Kier alpha value is -2.14. The van der Waals surface area contributed by atoms with Crippen LogP contribution in [0.5, 0.6) is 0 Å². The number of rotatable bonds is 6. The first-order valence-electron chi connectivity index (χ1n) is 6.65. The van der Waals surface area contributed by atoms with Crippen molar-refractivity contribution >= 4 is 22.6 Å². The zero-order valence-corrected chi connectivity index (χ0v) is 11.3. The molecule has 0 spiro atoms. The summed E-state index contributed by atoms with van der Waals surface area (Å²) >= 11 is 0. The van der Waals surface area contributed by atoms with E-state index in [1.807, 2.05) is 31.2 Å². The van der Waals surface area contributed by atoms with E-state index < -0.39 is 5.97 Å². The second kappa shape index (κ2) is 6.34. The van der Waals surface area contributed by atoms with Crippen molar-refractivity contribution in [3.05, 3.63) is 36.0 Å². The fourth-order valence-corrected chi connectivity index (χ4v) is 2.20. The summed E-state index contributed by atoms with van der Waals surface area (Å²) in [5, 5.41) is 22.4. The zero-order chi connectivity index (χ0) is 14.5.